The van der Waals surface area contributed by atoms with Crippen LogP contribution in [0.4, 0.5) is 0 Å². The van der Waals surface area contributed by atoms with Crippen molar-refractivity contribution in [2.24, 2.45) is 10.7 Å². The lowest BCUT2D eigenvalue weighted by atomic mass is 10.1. The zero-order chi connectivity index (χ0) is 19.6. The van der Waals surface area contributed by atoms with Crippen LogP contribution in [-0.4, -0.2) is 37.5 Å². The van der Waals surface area contributed by atoms with Crippen LogP contribution in [0.5, 0.6) is 5.75 Å². The average Bonchev–Trinajstić information content (AvgIpc) is 2.68. The number of hydrogen-bond donors (Lipinski definition) is 2. The van der Waals surface area contributed by atoms with E-state index in [9.17, 15) is 4.79 Å². The van der Waals surface area contributed by atoms with Crippen molar-refractivity contribution in [2.75, 3.05) is 20.7 Å². The van der Waals surface area contributed by atoms with Crippen molar-refractivity contribution in [3.05, 3.63) is 65.2 Å². The molecule has 0 bridgehead atoms. The summed E-state index contributed by atoms with van der Waals surface area (Å²) in [6, 6.07) is 16.2. The van der Waals surface area contributed by atoms with Gasteiger partial charge in [-0.05, 0) is 35.2 Å². The summed E-state index contributed by atoms with van der Waals surface area (Å²) < 4.78 is 5.34. The molecule has 0 saturated heterocycles. The van der Waals surface area contributed by atoms with E-state index in [1.54, 1.807) is 13.1 Å². The van der Waals surface area contributed by atoms with Gasteiger partial charge in [-0.2, -0.15) is 0 Å². The molecule has 0 aliphatic rings. The van der Waals surface area contributed by atoms with Gasteiger partial charge < -0.3 is 20.7 Å². The molecule has 0 saturated carbocycles. The highest BCUT2D eigenvalue weighted by atomic mass is 127. The minimum atomic E-state index is -0.493. The van der Waals surface area contributed by atoms with Crippen LogP contribution in [0.3, 0.4) is 0 Å². The molecule has 1 amide bonds. The molecular formula is C21H29IN4O2. The van der Waals surface area contributed by atoms with Crippen LogP contribution in [0.2, 0.25) is 0 Å². The summed E-state index contributed by atoms with van der Waals surface area (Å²) in [6.45, 7) is 3.39. The number of aliphatic imine (C=N–C) groups is 1. The fourth-order valence-corrected chi connectivity index (χ4v) is 2.69. The van der Waals surface area contributed by atoms with Gasteiger partial charge in [-0.25, -0.2) is 0 Å². The van der Waals surface area contributed by atoms with E-state index >= 15 is 0 Å². The van der Waals surface area contributed by atoms with Gasteiger partial charge in [0.15, 0.2) is 12.6 Å². The zero-order valence-corrected chi connectivity index (χ0v) is 19.0. The second kappa shape index (κ2) is 12.2. The molecule has 0 unspecified atom stereocenters. The van der Waals surface area contributed by atoms with E-state index in [2.05, 4.69) is 46.4 Å². The maximum absolute atomic E-state index is 10.8. The highest BCUT2D eigenvalue weighted by molar-refractivity contribution is 14.0. The van der Waals surface area contributed by atoms with Gasteiger partial charge in [0, 0.05) is 27.2 Å². The van der Waals surface area contributed by atoms with Crippen molar-refractivity contribution >= 4 is 35.8 Å². The molecule has 2 aromatic rings. The summed E-state index contributed by atoms with van der Waals surface area (Å²) in [7, 11) is 3.78. The smallest absolute Gasteiger partial charge is 0.255 e. The van der Waals surface area contributed by atoms with E-state index in [-0.39, 0.29) is 30.6 Å². The van der Waals surface area contributed by atoms with Crippen LogP contribution in [0, 0.1) is 0 Å². The Morgan fingerprint density at radius 3 is 2.43 bits per heavy atom. The second-order valence-corrected chi connectivity index (χ2v) is 6.33. The van der Waals surface area contributed by atoms with Gasteiger partial charge >= 0.3 is 0 Å². The highest BCUT2D eigenvalue weighted by Crippen LogP contribution is 2.13. The lowest BCUT2D eigenvalue weighted by Crippen LogP contribution is -2.38. The fourth-order valence-electron chi connectivity index (χ4n) is 2.69. The molecule has 152 valence electrons. The number of ether oxygens (including phenoxy) is 1. The lowest BCUT2D eigenvalue weighted by molar-refractivity contribution is -0.119. The highest BCUT2D eigenvalue weighted by Gasteiger charge is 2.07. The first kappa shape index (κ1) is 23.7. The van der Waals surface area contributed by atoms with Crippen LogP contribution in [0.15, 0.2) is 53.5 Å². The maximum atomic E-state index is 10.8. The quantitative estimate of drug-likeness (QED) is 0.335. The number of hydrogen-bond acceptors (Lipinski definition) is 3. The Balaban J connectivity index is 0.00000392. The topological polar surface area (TPSA) is 79.9 Å². The number of guanidine groups is 1. The number of halogens is 1. The van der Waals surface area contributed by atoms with E-state index in [1.807, 2.05) is 25.2 Å². The van der Waals surface area contributed by atoms with Crippen molar-refractivity contribution in [1.82, 2.24) is 10.2 Å². The molecule has 7 heteroatoms. The van der Waals surface area contributed by atoms with Gasteiger partial charge in [0.25, 0.3) is 5.91 Å². The Hall–Kier alpha value is -2.29. The van der Waals surface area contributed by atoms with Gasteiger partial charge in [-0.15, -0.1) is 24.0 Å². The van der Waals surface area contributed by atoms with Crippen LogP contribution < -0.4 is 15.8 Å². The first-order valence-corrected chi connectivity index (χ1v) is 9.01. The largest absolute Gasteiger partial charge is 0.484 e. The Kier molecular flexibility index (Phi) is 10.4. The first-order chi connectivity index (χ1) is 13.0. The predicted octanol–water partition coefficient (Wildman–Crippen LogP) is 2.94. The molecule has 0 heterocycles. The Labute approximate surface area is 184 Å². The van der Waals surface area contributed by atoms with Crippen LogP contribution in [0.25, 0.3) is 0 Å². The summed E-state index contributed by atoms with van der Waals surface area (Å²) >= 11 is 0. The standard InChI is InChI=1S/C21H28N4O2.HI/c1-4-16-8-10-17(11-9-16)14-25(3)21(23-2)24-13-18-6-5-7-19(12-18)27-15-20(22)26;/h5-12H,4,13-15H2,1-3H3,(H2,22,26)(H,23,24);1H. The van der Waals surface area contributed by atoms with Gasteiger partial charge in [0.05, 0.1) is 0 Å². The van der Waals surface area contributed by atoms with Crippen LogP contribution >= 0.6 is 24.0 Å². The van der Waals surface area contributed by atoms with Crippen molar-refractivity contribution in [1.29, 1.82) is 0 Å². The normalized spacial score (nSPS) is 10.8. The van der Waals surface area contributed by atoms with E-state index in [4.69, 9.17) is 10.5 Å². The van der Waals surface area contributed by atoms with Crippen molar-refractivity contribution in [3.63, 3.8) is 0 Å². The average molecular weight is 496 g/mol. The molecule has 28 heavy (non-hydrogen) atoms. The predicted molar refractivity (Wildman–Crippen MR) is 124 cm³/mol. The second-order valence-electron chi connectivity index (χ2n) is 6.33. The van der Waals surface area contributed by atoms with Crippen molar-refractivity contribution in [2.45, 2.75) is 26.4 Å². The lowest BCUT2D eigenvalue weighted by Gasteiger charge is -2.22. The van der Waals surface area contributed by atoms with E-state index < -0.39 is 5.91 Å². The number of primary amides is 1. The molecule has 6 nitrogen and oxygen atoms in total. The Morgan fingerprint density at radius 1 is 1.14 bits per heavy atom. The SMILES string of the molecule is CCc1ccc(CN(C)C(=NC)NCc2cccc(OCC(N)=O)c2)cc1.I. The monoisotopic (exact) mass is 496 g/mol. The first-order valence-electron chi connectivity index (χ1n) is 9.01. The zero-order valence-electron chi connectivity index (χ0n) is 16.6. The Bertz CT molecular complexity index is 778. The minimum absolute atomic E-state index is 0. The number of rotatable bonds is 8. The molecule has 0 radical (unpaired) electrons. The molecule has 0 aliphatic heterocycles. The summed E-state index contributed by atoms with van der Waals surface area (Å²) in [4.78, 5) is 17.3. The molecule has 0 fully saturated rings. The molecule has 0 aliphatic carbocycles. The summed E-state index contributed by atoms with van der Waals surface area (Å²) in [5, 5.41) is 3.35. The molecule has 0 spiro atoms. The third-order valence-corrected chi connectivity index (χ3v) is 4.15. The molecule has 0 atom stereocenters. The van der Waals surface area contributed by atoms with Crippen molar-refractivity contribution < 1.29 is 9.53 Å². The van der Waals surface area contributed by atoms with Crippen LogP contribution in [0.1, 0.15) is 23.6 Å². The maximum Gasteiger partial charge on any atom is 0.255 e. The number of benzene rings is 2. The van der Waals surface area contributed by atoms with Gasteiger partial charge in [0.2, 0.25) is 0 Å². The molecule has 0 aromatic heterocycles. The van der Waals surface area contributed by atoms with E-state index in [0.717, 1.165) is 24.5 Å². The number of amides is 1. The third-order valence-electron chi connectivity index (χ3n) is 4.15. The Morgan fingerprint density at radius 2 is 1.82 bits per heavy atom. The molecule has 2 aromatic carbocycles. The van der Waals surface area contributed by atoms with E-state index in [1.165, 1.54) is 11.1 Å². The number of nitrogens with zero attached hydrogens (tertiary/aromatic N) is 2. The number of nitrogens with one attached hydrogen (secondary N) is 1. The van der Waals surface area contributed by atoms with E-state index in [0.29, 0.717) is 12.3 Å². The molecular weight excluding hydrogens is 467 g/mol. The van der Waals surface area contributed by atoms with Crippen molar-refractivity contribution in [3.8, 4) is 5.75 Å². The van der Waals surface area contributed by atoms with Gasteiger partial charge in [-0.1, -0.05) is 43.3 Å². The summed E-state index contributed by atoms with van der Waals surface area (Å²) in [6.07, 6.45) is 1.04. The number of nitrogens with two attached hydrogens (primary N) is 1. The molecule has 2 rings (SSSR count). The molecule has 3 N–H and O–H groups in total. The third kappa shape index (κ3) is 7.75. The van der Waals surface area contributed by atoms with Crippen LogP contribution in [-0.2, 0) is 24.3 Å². The summed E-state index contributed by atoms with van der Waals surface area (Å²) in [5.41, 5.74) is 8.71. The fraction of sp³-hybridized carbons (Fsp3) is 0.333. The summed E-state index contributed by atoms with van der Waals surface area (Å²) in [5.74, 6) is 0.929. The minimum Gasteiger partial charge on any atom is -0.484 e. The number of carbonyl (C=O) groups is 1. The number of carbonyl (C=O) groups excluding carboxylic acids is 1. The van der Waals surface area contributed by atoms with Gasteiger partial charge in [-0.3, -0.25) is 9.79 Å². The number of aryl methyl sites for hydroxylation is 1. The van der Waals surface area contributed by atoms with Gasteiger partial charge in [0.1, 0.15) is 5.75 Å².